The SMILES string of the molecule is COc1ccc(NC(=O)CNc2ccc(I)cc2)cc1Cl. The largest absolute Gasteiger partial charge is 0.495 e. The van der Waals surface area contributed by atoms with Crippen LogP contribution in [0.25, 0.3) is 0 Å². The molecule has 2 aromatic carbocycles. The Bertz CT molecular complexity index is 632. The standard InChI is InChI=1S/C15H14ClIN2O2/c1-21-14-7-6-12(8-13(14)16)19-15(20)9-18-11-4-2-10(17)3-5-11/h2-8,18H,9H2,1H3,(H,19,20). The van der Waals surface area contributed by atoms with Gasteiger partial charge in [-0.3, -0.25) is 4.79 Å². The maximum Gasteiger partial charge on any atom is 0.243 e. The monoisotopic (exact) mass is 416 g/mol. The third-order valence-electron chi connectivity index (χ3n) is 2.73. The van der Waals surface area contributed by atoms with Gasteiger partial charge in [0.1, 0.15) is 5.75 Å². The van der Waals surface area contributed by atoms with Crippen LogP contribution in [0.5, 0.6) is 5.75 Å². The van der Waals surface area contributed by atoms with Gasteiger partial charge in [0.2, 0.25) is 5.91 Å². The van der Waals surface area contributed by atoms with Crippen LogP contribution in [0.4, 0.5) is 11.4 Å². The molecule has 0 saturated heterocycles. The van der Waals surface area contributed by atoms with E-state index in [0.29, 0.717) is 16.5 Å². The Morgan fingerprint density at radius 3 is 2.48 bits per heavy atom. The lowest BCUT2D eigenvalue weighted by Crippen LogP contribution is -2.21. The topological polar surface area (TPSA) is 50.4 Å². The maximum atomic E-state index is 11.9. The third kappa shape index (κ3) is 4.78. The van der Waals surface area contributed by atoms with Gasteiger partial charge in [0.05, 0.1) is 18.7 Å². The summed E-state index contributed by atoms with van der Waals surface area (Å²) in [7, 11) is 1.55. The summed E-state index contributed by atoms with van der Waals surface area (Å²) in [4.78, 5) is 11.9. The van der Waals surface area contributed by atoms with E-state index >= 15 is 0 Å². The average molecular weight is 417 g/mol. The molecule has 0 atom stereocenters. The molecule has 0 fully saturated rings. The minimum Gasteiger partial charge on any atom is -0.495 e. The number of anilines is 2. The number of carbonyl (C=O) groups is 1. The molecule has 6 heteroatoms. The van der Waals surface area contributed by atoms with E-state index in [0.717, 1.165) is 9.26 Å². The van der Waals surface area contributed by atoms with Crippen molar-refractivity contribution < 1.29 is 9.53 Å². The summed E-state index contributed by atoms with van der Waals surface area (Å²) in [6, 6.07) is 12.9. The van der Waals surface area contributed by atoms with E-state index in [1.165, 1.54) is 0 Å². The van der Waals surface area contributed by atoms with Crippen molar-refractivity contribution in [3.05, 3.63) is 51.1 Å². The molecular weight excluding hydrogens is 403 g/mol. The van der Waals surface area contributed by atoms with Gasteiger partial charge in [-0.15, -0.1) is 0 Å². The molecule has 110 valence electrons. The minimum absolute atomic E-state index is 0.144. The van der Waals surface area contributed by atoms with Crippen LogP contribution in [0.2, 0.25) is 5.02 Å². The highest BCUT2D eigenvalue weighted by Gasteiger charge is 2.05. The van der Waals surface area contributed by atoms with E-state index in [1.54, 1.807) is 25.3 Å². The highest BCUT2D eigenvalue weighted by atomic mass is 127. The molecule has 21 heavy (non-hydrogen) atoms. The van der Waals surface area contributed by atoms with E-state index in [9.17, 15) is 4.79 Å². The highest BCUT2D eigenvalue weighted by Crippen LogP contribution is 2.27. The summed E-state index contributed by atoms with van der Waals surface area (Å²) >= 11 is 8.24. The van der Waals surface area contributed by atoms with Crippen LogP contribution < -0.4 is 15.4 Å². The van der Waals surface area contributed by atoms with Crippen molar-refractivity contribution in [1.82, 2.24) is 0 Å². The molecule has 1 amide bonds. The molecule has 0 radical (unpaired) electrons. The quantitative estimate of drug-likeness (QED) is 0.724. The predicted molar refractivity (Wildman–Crippen MR) is 94.3 cm³/mol. The number of ether oxygens (including phenoxy) is 1. The molecule has 0 bridgehead atoms. The Kier molecular flexibility index (Phi) is 5.69. The third-order valence-corrected chi connectivity index (χ3v) is 3.75. The first-order valence-electron chi connectivity index (χ1n) is 6.21. The zero-order chi connectivity index (χ0) is 15.2. The molecule has 2 rings (SSSR count). The van der Waals surface area contributed by atoms with Gasteiger partial charge in [0.25, 0.3) is 0 Å². The summed E-state index contributed by atoms with van der Waals surface area (Å²) < 4.78 is 6.21. The van der Waals surface area contributed by atoms with Gasteiger partial charge in [-0.1, -0.05) is 11.6 Å². The predicted octanol–water partition coefficient (Wildman–Crippen LogP) is 4.00. The van der Waals surface area contributed by atoms with Crippen molar-refractivity contribution in [2.24, 2.45) is 0 Å². The minimum atomic E-state index is -0.144. The number of halogens is 2. The fourth-order valence-electron chi connectivity index (χ4n) is 1.70. The van der Waals surface area contributed by atoms with Gasteiger partial charge in [-0.25, -0.2) is 0 Å². The van der Waals surface area contributed by atoms with Crippen molar-refractivity contribution in [1.29, 1.82) is 0 Å². The van der Waals surface area contributed by atoms with E-state index in [2.05, 4.69) is 33.2 Å². The van der Waals surface area contributed by atoms with Crippen LogP contribution in [0.3, 0.4) is 0 Å². The van der Waals surface area contributed by atoms with Gasteiger partial charge in [0.15, 0.2) is 0 Å². The lowest BCUT2D eigenvalue weighted by Gasteiger charge is -2.09. The summed E-state index contributed by atoms with van der Waals surface area (Å²) in [6.07, 6.45) is 0. The van der Waals surface area contributed by atoms with Crippen LogP contribution in [0.1, 0.15) is 0 Å². The second-order valence-corrected chi connectivity index (χ2v) is 5.91. The number of methoxy groups -OCH3 is 1. The summed E-state index contributed by atoms with van der Waals surface area (Å²) in [5.41, 5.74) is 1.54. The first kappa shape index (κ1) is 15.9. The molecular formula is C15H14ClIN2O2. The average Bonchev–Trinajstić information content (AvgIpc) is 2.47. The van der Waals surface area contributed by atoms with Gasteiger partial charge in [-0.2, -0.15) is 0 Å². The molecule has 0 aliphatic heterocycles. The smallest absolute Gasteiger partial charge is 0.243 e. The van der Waals surface area contributed by atoms with E-state index < -0.39 is 0 Å². The summed E-state index contributed by atoms with van der Waals surface area (Å²) in [6.45, 7) is 0.185. The summed E-state index contributed by atoms with van der Waals surface area (Å²) in [5, 5.41) is 6.29. The lowest BCUT2D eigenvalue weighted by atomic mass is 10.3. The number of benzene rings is 2. The molecule has 0 spiro atoms. The number of carbonyl (C=O) groups excluding carboxylic acids is 1. The molecule has 4 nitrogen and oxygen atoms in total. The molecule has 0 aliphatic carbocycles. The second-order valence-electron chi connectivity index (χ2n) is 4.26. The molecule has 0 saturated carbocycles. The zero-order valence-electron chi connectivity index (χ0n) is 11.3. The molecule has 0 aromatic heterocycles. The van der Waals surface area contributed by atoms with Crippen molar-refractivity contribution in [2.75, 3.05) is 24.3 Å². The van der Waals surface area contributed by atoms with E-state index in [1.807, 2.05) is 24.3 Å². The van der Waals surface area contributed by atoms with Gasteiger partial charge in [-0.05, 0) is 65.1 Å². The summed E-state index contributed by atoms with van der Waals surface area (Å²) in [5.74, 6) is 0.432. The number of rotatable bonds is 5. The molecule has 0 unspecified atom stereocenters. The number of amides is 1. The number of nitrogens with one attached hydrogen (secondary N) is 2. The first-order valence-corrected chi connectivity index (χ1v) is 7.67. The van der Waals surface area contributed by atoms with Crippen LogP contribution >= 0.6 is 34.2 Å². The highest BCUT2D eigenvalue weighted by molar-refractivity contribution is 14.1. The molecule has 2 N–H and O–H groups in total. The van der Waals surface area contributed by atoms with Crippen LogP contribution in [0, 0.1) is 3.57 Å². The van der Waals surface area contributed by atoms with Crippen LogP contribution in [-0.4, -0.2) is 19.6 Å². The Hall–Kier alpha value is -1.47. The van der Waals surface area contributed by atoms with E-state index in [4.69, 9.17) is 16.3 Å². The number of hydrogen-bond donors (Lipinski definition) is 2. The Morgan fingerprint density at radius 1 is 1.19 bits per heavy atom. The van der Waals surface area contributed by atoms with Crippen LogP contribution in [0.15, 0.2) is 42.5 Å². The number of hydrogen-bond acceptors (Lipinski definition) is 3. The van der Waals surface area contributed by atoms with Crippen molar-refractivity contribution in [3.8, 4) is 5.75 Å². The van der Waals surface area contributed by atoms with E-state index in [-0.39, 0.29) is 12.5 Å². The van der Waals surface area contributed by atoms with Crippen molar-refractivity contribution >= 4 is 51.5 Å². The first-order chi connectivity index (χ1) is 10.1. The lowest BCUT2D eigenvalue weighted by molar-refractivity contribution is -0.114. The van der Waals surface area contributed by atoms with Gasteiger partial charge in [0, 0.05) is 14.9 Å². The maximum absolute atomic E-state index is 11.9. The Labute approximate surface area is 142 Å². The fraction of sp³-hybridized carbons (Fsp3) is 0.133. The zero-order valence-corrected chi connectivity index (χ0v) is 14.2. The second kappa shape index (κ2) is 7.51. The normalized spacial score (nSPS) is 10.0. The Morgan fingerprint density at radius 2 is 1.86 bits per heavy atom. The van der Waals surface area contributed by atoms with Crippen molar-refractivity contribution in [3.63, 3.8) is 0 Å². The van der Waals surface area contributed by atoms with Gasteiger partial charge >= 0.3 is 0 Å². The molecule has 0 heterocycles. The van der Waals surface area contributed by atoms with Gasteiger partial charge < -0.3 is 15.4 Å². The molecule has 0 aliphatic rings. The van der Waals surface area contributed by atoms with Crippen LogP contribution in [-0.2, 0) is 4.79 Å². The molecule has 2 aromatic rings. The van der Waals surface area contributed by atoms with Crippen molar-refractivity contribution in [2.45, 2.75) is 0 Å². The Balaban J connectivity index is 1.89. The fourth-order valence-corrected chi connectivity index (χ4v) is 2.32.